The maximum Gasteiger partial charge on any atom is 0.221 e. The van der Waals surface area contributed by atoms with Gasteiger partial charge in [0.05, 0.1) is 5.60 Å². The van der Waals surface area contributed by atoms with Gasteiger partial charge in [0, 0.05) is 11.1 Å². The van der Waals surface area contributed by atoms with E-state index in [2.05, 4.69) is 0 Å². The minimum Gasteiger partial charge on any atom is -0.358 e. The van der Waals surface area contributed by atoms with Gasteiger partial charge in [0.2, 0.25) is 5.79 Å². The molecule has 0 amide bonds. The molecule has 3 rings (SSSR count). The Balaban J connectivity index is 2.22. The van der Waals surface area contributed by atoms with Gasteiger partial charge >= 0.3 is 0 Å². The standard InChI is InChI=1S/C16H16O2/c1-15(2)13-10-6-7-11-14(13)16(17,18-15)12-8-4-3-5-9-12/h3-11,17H,1-2H3/t16-/m1/s1. The summed E-state index contributed by atoms with van der Waals surface area (Å²) in [6, 6.07) is 17.4. The Labute approximate surface area is 107 Å². The second-order valence-corrected chi connectivity index (χ2v) is 5.17. The van der Waals surface area contributed by atoms with Crippen molar-refractivity contribution in [3.05, 3.63) is 71.3 Å². The number of hydrogen-bond acceptors (Lipinski definition) is 2. The van der Waals surface area contributed by atoms with Crippen LogP contribution in [0.2, 0.25) is 0 Å². The van der Waals surface area contributed by atoms with E-state index in [1.807, 2.05) is 68.4 Å². The summed E-state index contributed by atoms with van der Waals surface area (Å²) in [5.74, 6) is -1.35. The van der Waals surface area contributed by atoms with E-state index in [-0.39, 0.29) is 0 Å². The van der Waals surface area contributed by atoms with E-state index in [0.717, 1.165) is 16.7 Å². The van der Waals surface area contributed by atoms with Crippen LogP contribution in [-0.4, -0.2) is 5.11 Å². The van der Waals surface area contributed by atoms with Crippen LogP contribution in [0.15, 0.2) is 54.6 Å². The third-order valence-electron chi connectivity index (χ3n) is 3.51. The molecule has 2 heteroatoms. The van der Waals surface area contributed by atoms with Crippen LogP contribution >= 0.6 is 0 Å². The van der Waals surface area contributed by atoms with Crippen molar-refractivity contribution < 1.29 is 9.84 Å². The van der Waals surface area contributed by atoms with Gasteiger partial charge in [-0.2, -0.15) is 0 Å². The van der Waals surface area contributed by atoms with Crippen molar-refractivity contribution >= 4 is 0 Å². The Morgan fingerprint density at radius 2 is 1.39 bits per heavy atom. The molecule has 1 N–H and O–H groups in total. The zero-order chi connectivity index (χ0) is 12.8. The van der Waals surface area contributed by atoms with Crippen molar-refractivity contribution in [3.63, 3.8) is 0 Å². The zero-order valence-corrected chi connectivity index (χ0v) is 10.6. The number of rotatable bonds is 1. The molecule has 0 aliphatic carbocycles. The molecule has 92 valence electrons. The van der Waals surface area contributed by atoms with Crippen LogP contribution in [0, 0.1) is 0 Å². The summed E-state index contributed by atoms with van der Waals surface area (Å²) in [6.45, 7) is 3.96. The van der Waals surface area contributed by atoms with Gasteiger partial charge in [0.1, 0.15) is 0 Å². The number of fused-ring (bicyclic) bond motifs is 1. The predicted octanol–water partition coefficient (Wildman–Crippen LogP) is 3.15. The summed E-state index contributed by atoms with van der Waals surface area (Å²) in [4.78, 5) is 0. The summed E-state index contributed by atoms with van der Waals surface area (Å²) in [6.07, 6.45) is 0. The first-order valence-electron chi connectivity index (χ1n) is 6.12. The highest BCUT2D eigenvalue weighted by Crippen LogP contribution is 2.48. The average molecular weight is 240 g/mol. The fraction of sp³-hybridized carbons (Fsp3) is 0.250. The Hall–Kier alpha value is -1.64. The summed E-state index contributed by atoms with van der Waals surface area (Å²) in [7, 11) is 0. The topological polar surface area (TPSA) is 29.5 Å². The minimum absolute atomic E-state index is 0.485. The van der Waals surface area contributed by atoms with Crippen LogP contribution in [0.1, 0.15) is 30.5 Å². The molecular formula is C16H16O2. The number of ether oxygens (including phenoxy) is 1. The predicted molar refractivity (Wildman–Crippen MR) is 70.0 cm³/mol. The Morgan fingerprint density at radius 1 is 0.833 bits per heavy atom. The van der Waals surface area contributed by atoms with E-state index < -0.39 is 11.4 Å². The maximum atomic E-state index is 10.9. The van der Waals surface area contributed by atoms with Crippen molar-refractivity contribution in [3.8, 4) is 0 Å². The van der Waals surface area contributed by atoms with Gasteiger partial charge in [0.25, 0.3) is 0 Å². The fourth-order valence-corrected chi connectivity index (χ4v) is 2.66. The molecule has 0 aromatic heterocycles. The highest BCUT2D eigenvalue weighted by atomic mass is 16.6. The second-order valence-electron chi connectivity index (χ2n) is 5.17. The SMILES string of the molecule is CC1(C)O[C@](O)(c2ccccc2)c2ccccc21. The van der Waals surface area contributed by atoms with Gasteiger partial charge in [-0.15, -0.1) is 0 Å². The second kappa shape index (κ2) is 3.67. The smallest absolute Gasteiger partial charge is 0.221 e. The summed E-state index contributed by atoms with van der Waals surface area (Å²) in [5.41, 5.74) is 2.15. The van der Waals surface area contributed by atoms with Gasteiger partial charge in [-0.25, -0.2) is 0 Å². The zero-order valence-electron chi connectivity index (χ0n) is 10.6. The molecule has 0 fully saturated rings. The lowest BCUT2D eigenvalue weighted by atomic mass is 9.91. The lowest BCUT2D eigenvalue weighted by molar-refractivity contribution is -0.222. The highest BCUT2D eigenvalue weighted by molar-refractivity contribution is 5.44. The van der Waals surface area contributed by atoms with E-state index in [0.29, 0.717) is 0 Å². The van der Waals surface area contributed by atoms with Crippen molar-refractivity contribution in [1.29, 1.82) is 0 Å². The molecule has 1 atom stereocenters. The molecule has 2 aromatic rings. The minimum atomic E-state index is -1.35. The number of benzene rings is 2. The van der Waals surface area contributed by atoms with Crippen LogP contribution in [0.5, 0.6) is 0 Å². The molecule has 2 nitrogen and oxygen atoms in total. The maximum absolute atomic E-state index is 10.9. The largest absolute Gasteiger partial charge is 0.358 e. The average Bonchev–Trinajstić information content (AvgIpc) is 2.60. The van der Waals surface area contributed by atoms with Crippen LogP contribution in [0.4, 0.5) is 0 Å². The molecule has 0 saturated heterocycles. The van der Waals surface area contributed by atoms with Gasteiger partial charge in [-0.3, -0.25) is 0 Å². The summed E-state index contributed by atoms with van der Waals surface area (Å²) in [5, 5.41) is 10.9. The van der Waals surface area contributed by atoms with Gasteiger partial charge < -0.3 is 9.84 Å². The van der Waals surface area contributed by atoms with Gasteiger partial charge in [-0.1, -0.05) is 54.6 Å². The van der Waals surface area contributed by atoms with Crippen LogP contribution in [0.3, 0.4) is 0 Å². The van der Waals surface area contributed by atoms with E-state index in [1.165, 1.54) is 0 Å². The van der Waals surface area contributed by atoms with E-state index >= 15 is 0 Å². The molecule has 1 heterocycles. The van der Waals surface area contributed by atoms with Crippen LogP contribution in [0.25, 0.3) is 0 Å². The van der Waals surface area contributed by atoms with Crippen molar-refractivity contribution in [2.45, 2.75) is 25.2 Å². The van der Waals surface area contributed by atoms with E-state index in [9.17, 15) is 5.11 Å². The van der Waals surface area contributed by atoms with Crippen molar-refractivity contribution in [2.24, 2.45) is 0 Å². The van der Waals surface area contributed by atoms with Crippen LogP contribution < -0.4 is 0 Å². The molecule has 0 saturated carbocycles. The monoisotopic (exact) mass is 240 g/mol. The van der Waals surface area contributed by atoms with Gasteiger partial charge in [-0.05, 0) is 19.4 Å². The Bertz CT molecular complexity index is 575. The fourth-order valence-electron chi connectivity index (χ4n) is 2.66. The third kappa shape index (κ3) is 1.50. The molecule has 1 aliphatic rings. The summed E-state index contributed by atoms with van der Waals surface area (Å²) < 4.78 is 5.95. The quantitative estimate of drug-likeness (QED) is 0.829. The first kappa shape index (κ1) is 11.5. The van der Waals surface area contributed by atoms with Crippen molar-refractivity contribution in [2.75, 3.05) is 0 Å². The Kier molecular flexibility index (Phi) is 2.34. The first-order valence-corrected chi connectivity index (χ1v) is 6.12. The molecule has 0 radical (unpaired) electrons. The molecule has 0 unspecified atom stereocenters. The number of hydrogen-bond donors (Lipinski definition) is 1. The molecule has 18 heavy (non-hydrogen) atoms. The van der Waals surface area contributed by atoms with Crippen LogP contribution in [-0.2, 0) is 16.1 Å². The summed E-state index contributed by atoms with van der Waals surface area (Å²) >= 11 is 0. The lowest BCUT2D eigenvalue weighted by Gasteiger charge is -2.27. The van der Waals surface area contributed by atoms with Crippen molar-refractivity contribution in [1.82, 2.24) is 0 Å². The molecular weight excluding hydrogens is 224 g/mol. The lowest BCUT2D eigenvalue weighted by Crippen LogP contribution is -2.30. The highest BCUT2D eigenvalue weighted by Gasteiger charge is 2.48. The molecule has 0 bridgehead atoms. The molecule has 1 aliphatic heterocycles. The third-order valence-corrected chi connectivity index (χ3v) is 3.51. The van der Waals surface area contributed by atoms with Gasteiger partial charge in [0.15, 0.2) is 0 Å². The normalized spacial score (nSPS) is 24.8. The molecule has 2 aromatic carbocycles. The van der Waals surface area contributed by atoms with E-state index in [1.54, 1.807) is 0 Å². The number of aliphatic hydroxyl groups is 1. The molecule has 0 spiro atoms. The first-order chi connectivity index (χ1) is 8.54. The Morgan fingerprint density at radius 3 is 2.06 bits per heavy atom. The van der Waals surface area contributed by atoms with E-state index in [4.69, 9.17) is 4.74 Å².